The second-order valence-electron chi connectivity index (χ2n) is 3.67. The summed E-state index contributed by atoms with van der Waals surface area (Å²) in [6, 6.07) is 1.43. The van der Waals surface area contributed by atoms with E-state index in [2.05, 4.69) is 10.3 Å². The van der Waals surface area contributed by atoms with Crippen LogP contribution in [0.5, 0.6) is 0 Å². The molecule has 1 atom stereocenters. The van der Waals surface area contributed by atoms with Crippen LogP contribution in [-0.2, 0) is 4.79 Å². The van der Waals surface area contributed by atoms with Crippen molar-refractivity contribution in [2.75, 3.05) is 12.3 Å². The molecule has 1 aromatic rings. The highest BCUT2D eigenvalue weighted by Crippen LogP contribution is 2.28. The van der Waals surface area contributed by atoms with Crippen LogP contribution < -0.4 is 16.8 Å². The summed E-state index contributed by atoms with van der Waals surface area (Å²) < 4.78 is 0. The van der Waals surface area contributed by atoms with Crippen molar-refractivity contribution in [3.05, 3.63) is 29.1 Å². The third-order valence-electron chi connectivity index (χ3n) is 2.59. The van der Waals surface area contributed by atoms with E-state index in [1.807, 2.05) is 12.1 Å². The summed E-state index contributed by atoms with van der Waals surface area (Å²) in [4.78, 5) is 15.0. The molecule has 84 valence electrons. The normalized spacial score (nSPS) is 18.3. The van der Waals surface area contributed by atoms with Gasteiger partial charge < -0.3 is 21.6 Å². The average molecular weight is 218 g/mol. The highest BCUT2D eigenvalue weighted by Gasteiger charge is 2.22. The van der Waals surface area contributed by atoms with E-state index in [-0.39, 0.29) is 0 Å². The van der Waals surface area contributed by atoms with Gasteiger partial charge in [-0.2, -0.15) is 0 Å². The molecule has 2 rings (SSSR count). The standard InChI is InChI=1S/C11H14N4O/c12-3-1-8-5-7-2-4-14-11(13)10(7)9(6-16)15-8/h2,4-6,9,15H,1,3,12H2,(H2,13,14). The molecule has 1 aliphatic heterocycles. The van der Waals surface area contributed by atoms with Crippen molar-refractivity contribution in [2.24, 2.45) is 5.73 Å². The Hall–Kier alpha value is -1.88. The van der Waals surface area contributed by atoms with E-state index in [1.54, 1.807) is 6.20 Å². The summed E-state index contributed by atoms with van der Waals surface area (Å²) in [6.07, 6.45) is 5.14. The molecule has 5 nitrogen and oxygen atoms in total. The van der Waals surface area contributed by atoms with E-state index in [9.17, 15) is 4.79 Å². The van der Waals surface area contributed by atoms with Crippen molar-refractivity contribution in [2.45, 2.75) is 12.5 Å². The maximum atomic E-state index is 11.0. The molecular weight excluding hydrogens is 204 g/mol. The number of nitrogen functional groups attached to an aromatic ring is 1. The van der Waals surface area contributed by atoms with Crippen LogP contribution in [0.15, 0.2) is 18.0 Å². The molecule has 0 radical (unpaired) electrons. The minimum atomic E-state index is -0.421. The maximum Gasteiger partial charge on any atom is 0.146 e. The van der Waals surface area contributed by atoms with Gasteiger partial charge in [0.05, 0.1) is 0 Å². The van der Waals surface area contributed by atoms with E-state index in [4.69, 9.17) is 11.5 Å². The summed E-state index contributed by atoms with van der Waals surface area (Å²) in [5.74, 6) is 0.394. The van der Waals surface area contributed by atoms with Crippen LogP contribution in [0.25, 0.3) is 6.08 Å². The Morgan fingerprint density at radius 2 is 2.38 bits per heavy atom. The number of fused-ring (bicyclic) bond motifs is 1. The Balaban J connectivity index is 2.47. The predicted molar refractivity (Wildman–Crippen MR) is 62.2 cm³/mol. The molecule has 0 fully saturated rings. The second-order valence-corrected chi connectivity index (χ2v) is 3.67. The van der Waals surface area contributed by atoms with E-state index in [0.29, 0.717) is 18.8 Å². The minimum Gasteiger partial charge on any atom is -0.383 e. The first-order valence-electron chi connectivity index (χ1n) is 5.13. The molecule has 0 spiro atoms. The van der Waals surface area contributed by atoms with Gasteiger partial charge in [0.1, 0.15) is 18.1 Å². The summed E-state index contributed by atoms with van der Waals surface area (Å²) in [6.45, 7) is 0.542. The number of aromatic nitrogens is 1. The molecule has 0 aliphatic carbocycles. The van der Waals surface area contributed by atoms with Crippen molar-refractivity contribution in [1.82, 2.24) is 10.3 Å². The molecule has 0 aromatic carbocycles. The second kappa shape index (κ2) is 4.32. The first-order valence-corrected chi connectivity index (χ1v) is 5.13. The van der Waals surface area contributed by atoms with Crippen LogP contribution in [0, 0.1) is 0 Å². The molecule has 1 aromatic heterocycles. The topological polar surface area (TPSA) is 94.0 Å². The number of pyridine rings is 1. The fourth-order valence-electron chi connectivity index (χ4n) is 1.87. The van der Waals surface area contributed by atoms with E-state index >= 15 is 0 Å². The molecule has 5 heteroatoms. The molecule has 0 saturated heterocycles. The Morgan fingerprint density at radius 3 is 3.06 bits per heavy atom. The Bertz CT molecular complexity index is 442. The van der Waals surface area contributed by atoms with Crippen LogP contribution in [0.2, 0.25) is 0 Å². The highest BCUT2D eigenvalue weighted by molar-refractivity contribution is 5.75. The van der Waals surface area contributed by atoms with Crippen LogP contribution in [-0.4, -0.2) is 17.8 Å². The van der Waals surface area contributed by atoms with Crippen molar-refractivity contribution in [1.29, 1.82) is 0 Å². The van der Waals surface area contributed by atoms with Crippen molar-refractivity contribution >= 4 is 18.2 Å². The van der Waals surface area contributed by atoms with Crippen LogP contribution >= 0.6 is 0 Å². The zero-order valence-electron chi connectivity index (χ0n) is 8.81. The number of nitrogens with one attached hydrogen (secondary N) is 1. The Labute approximate surface area is 93.5 Å². The third kappa shape index (κ3) is 1.77. The SMILES string of the molecule is NCCC1=Cc2ccnc(N)c2C(C=O)N1. The Morgan fingerprint density at radius 1 is 1.56 bits per heavy atom. The zero-order valence-corrected chi connectivity index (χ0v) is 8.81. The van der Waals surface area contributed by atoms with Gasteiger partial charge in [-0.3, -0.25) is 0 Å². The molecular formula is C11H14N4O. The van der Waals surface area contributed by atoms with Crippen LogP contribution in [0.3, 0.4) is 0 Å². The number of nitrogens with two attached hydrogens (primary N) is 2. The van der Waals surface area contributed by atoms with Crippen LogP contribution in [0.4, 0.5) is 5.82 Å². The minimum absolute atomic E-state index is 0.394. The number of carbonyl (C=O) groups excluding carboxylic acids is 1. The van der Waals surface area contributed by atoms with Gasteiger partial charge >= 0.3 is 0 Å². The lowest BCUT2D eigenvalue weighted by Crippen LogP contribution is -2.28. The fourth-order valence-corrected chi connectivity index (χ4v) is 1.87. The molecule has 0 bridgehead atoms. The maximum absolute atomic E-state index is 11.0. The number of hydrogen-bond acceptors (Lipinski definition) is 5. The molecule has 1 unspecified atom stereocenters. The molecule has 0 saturated carbocycles. The smallest absolute Gasteiger partial charge is 0.146 e. The summed E-state index contributed by atoms with van der Waals surface area (Å²) in [7, 11) is 0. The summed E-state index contributed by atoms with van der Waals surface area (Å²) in [5.41, 5.74) is 13.9. The van der Waals surface area contributed by atoms with E-state index in [0.717, 1.165) is 23.1 Å². The van der Waals surface area contributed by atoms with E-state index < -0.39 is 6.04 Å². The van der Waals surface area contributed by atoms with Gasteiger partial charge in [0.15, 0.2) is 0 Å². The highest BCUT2D eigenvalue weighted by atomic mass is 16.1. The predicted octanol–water partition coefficient (Wildman–Crippen LogP) is 0.197. The lowest BCUT2D eigenvalue weighted by Gasteiger charge is -2.24. The van der Waals surface area contributed by atoms with E-state index in [1.165, 1.54) is 0 Å². The van der Waals surface area contributed by atoms with Gasteiger partial charge in [-0.05, 0) is 30.7 Å². The van der Waals surface area contributed by atoms with Crippen molar-refractivity contribution < 1.29 is 4.79 Å². The number of nitrogens with zero attached hydrogens (tertiary/aromatic N) is 1. The zero-order chi connectivity index (χ0) is 11.5. The first kappa shape index (κ1) is 10.6. The van der Waals surface area contributed by atoms with Crippen molar-refractivity contribution in [3.8, 4) is 0 Å². The molecule has 16 heavy (non-hydrogen) atoms. The van der Waals surface area contributed by atoms with Gasteiger partial charge in [-0.1, -0.05) is 0 Å². The molecule has 1 aliphatic rings. The van der Waals surface area contributed by atoms with Gasteiger partial charge in [0.2, 0.25) is 0 Å². The molecule has 2 heterocycles. The summed E-state index contributed by atoms with van der Waals surface area (Å²) >= 11 is 0. The number of aldehydes is 1. The molecule has 5 N–H and O–H groups in total. The fraction of sp³-hybridized carbons (Fsp3) is 0.273. The van der Waals surface area contributed by atoms with Gasteiger partial charge in [0, 0.05) is 17.5 Å². The lowest BCUT2D eigenvalue weighted by atomic mass is 9.97. The lowest BCUT2D eigenvalue weighted by molar-refractivity contribution is -0.109. The number of anilines is 1. The Kier molecular flexibility index (Phi) is 2.87. The average Bonchev–Trinajstić information content (AvgIpc) is 2.28. The first-order chi connectivity index (χ1) is 7.76. The summed E-state index contributed by atoms with van der Waals surface area (Å²) in [5, 5.41) is 3.09. The van der Waals surface area contributed by atoms with Crippen molar-refractivity contribution in [3.63, 3.8) is 0 Å². The van der Waals surface area contributed by atoms with Gasteiger partial charge in [-0.25, -0.2) is 4.98 Å². The van der Waals surface area contributed by atoms with Crippen LogP contribution in [0.1, 0.15) is 23.6 Å². The molecule has 0 amide bonds. The number of hydrogen-bond donors (Lipinski definition) is 3. The number of rotatable bonds is 3. The quantitative estimate of drug-likeness (QED) is 0.630. The largest absolute Gasteiger partial charge is 0.383 e. The third-order valence-corrected chi connectivity index (χ3v) is 2.59. The number of carbonyl (C=O) groups is 1. The monoisotopic (exact) mass is 218 g/mol. The van der Waals surface area contributed by atoms with Gasteiger partial charge in [-0.15, -0.1) is 0 Å². The van der Waals surface area contributed by atoms with Gasteiger partial charge in [0.25, 0.3) is 0 Å².